The van der Waals surface area contributed by atoms with Crippen molar-refractivity contribution in [2.75, 3.05) is 20.1 Å². The zero-order chi connectivity index (χ0) is 13.4. The van der Waals surface area contributed by atoms with Crippen LogP contribution in [0.4, 0.5) is 0 Å². The molecule has 3 heteroatoms. The van der Waals surface area contributed by atoms with Gasteiger partial charge >= 0.3 is 0 Å². The average Bonchev–Trinajstić information content (AvgIpc) is 3.16. The van der Waals surface area contributed by atoms with E-state index in [4.69, 9.17) is 0 Å². The van der Waals surface area contributed by atoms with E-state index in [0.717, 1.165) is 19.4 Å². The van der Waals surface area contributed by atoms with Gasteiger partial charge in [-0.15, -0.1) is 0 Å². The zero-order valence-electron chi connectivity index (χ0n) is 12.3. The molecule has 3 nitrogen and oxygen atoms in total. The monoisotopic (exact) mass is 251 g/mol. The third-order valence-corrected chi connectivity index (χ3v) is 3.71. The van der Waals surface area contributed by atoms with Gasteiger partial charge < -0.3 is 4.90 Å². The molecule has 1 rings (SSSR count). The maximum Gasteiger partial charge on any atom is 0.104 e. The van der Waals surface area contributed by atoms with Gasteiger partial charge in [-0.25, -0.2) is 0 Å². The van der Waals surface area contributed by atoms with Crippen molar-refractivity contribution in [3.63, 3.8) is 0 Å². The summed E-state index contributed by atoms with van der Waals surface area (Å²) < 4.78 is 0. The molecule has 1 aliphatic carbocycles. The van der Waals surface area contributed by atoms with Crippen LogP contribution in [0, 0.1) is 11.3 Å². The van der Waals surface area contributed by atoms with Gasteiger partial charge in [0.1, 0.15) is 5.54 Å². The first-order chi connectivity index (χ1) is 8.59. The summed E-state index contributed by atoms with van der Waals surface area (Å²) in [6.45, 7) is 6.64. The van der Waals surface area contributed by atoms with E-state index < -0.39 is 0 Å². The number of nitrogens with zero attached hydrogens (tertiary/aromatic N) is 2. The van der Waals surface area contributed by atoms with Crippen LogP contribution in [0.5, 0.6) is 0 Å². The van der Waals surface area contributed by atoms with Gasteiger partial charge in [0.2, 0.25) is 0 Å². The van der Waals surface area contributed by atoms with Gasteiger partial charge in [0.25, 0.3) is 0 Å². The van der Waals surface area contributed by atoms with Crippen molar-refractivity contribution in [3.05, 3.63) is 0 Å². The van der Waals surface area contributed by atoms with Gasteiger partial charge in [-0.05, 0) is 65.6 Å². The summed E-state index contributed by atoms with van der Waals surface area (Å²) in [7, 11) is 2.20. The minimum atomic E-state index is -0.302. The fourth-order valence-corrected chi connectivity index (χ4v) is 2.24. The molecule has 18 heavy (non-hydrogen) atoms. The van der Waals surface area contributed by atoms with Gasteiger partial charge in [0, 0.05) is 6.04 Å². The first-order valence-corrected chi connectivity index (χ1v) is 7.47. The van der Waals surface area contributed by atoms with Gasteiger partial charge in [0.05, 0.1) is 6.07 Å². The molecular weight excluding hydrogens is 222 g/mol. The largest absolute Gasteiger partial charge is 0.306 e. The number of hydrogen-bond donors (Lipinski definition) is 1. The Balaban J connectivity index is 2.09. The first kappa shape index (κ1) is 15.5. The Bertz CT molecular complexity index is 267. The van der Waals surface area contributed by atoms with E-state index in [1.165, 1.54) is 38.6 Å². The third-order valence-electron chi connectivity index (χ3n) is 3.71. The first-order valence-electron chi connectivity index (χ1n) is 7.47. The highest BCUT2D eigenvalue weighted by Gasteiger charge is 2.31. The quantitative estimate of drug-likeness (QED) is 0.607. The molecule has 1 unspecified atom stereocenters. The molecule has 1 aliphatic rings. The molecule has 0 bridgehead atoms. The lowest BCUT2D eigenvalue weighted by atomic mass is 9.96. The fraction of sp³-hybridized carbons (Fsp3) is 0.933. The third kappa shape index (κ3) is 6.37. The van der Waals surface area contributed by atoms with Crippen LogP contribution < -0.4 is 5.32 Å². The molecule has 104 valence electrons. The summed E-state index contributed by atoms with van der Waals surface area (Å²) in [5.41, 5.74) is -0.302. The summed E-state index contributed by atoms with van der Waals surface area (Å²) in [5.74, 6) is 0. The fourth-order valence-electron chi connectivity index (χ4n) is 2.24. The van der Waals surface area contributed by atoms with Crippen molar-refractivity contribution < 1.29 is 0 Å². The second kappa shape index (κ2) is 7.76. The Hall–Kier alpha value is -0.590. The Morgan fingerprint density at radius 2 is 1.94 bits per heavy atom. The van der Waals surface area contributed by atoms with E-state index >= 15 is 0 Å². The lowest BCUT2D eigenvalue weighted by Gasteiger charge is -2.24. The number of unbranched alkanes of at least 4 members (excludes halogenated alkanes) is 2. The van der Waals surface area contributed by atoms with Crippen LogP contribution in [0.15, 0.2) is 0 Å². The molecule has 0 aromatic rings. The lowest BCUT2D eigenvalue weighted by molar-refractivity contribution is 0.309. The van der Waals surface area contributed by atoms with E-state index in [1.807, 2.05) is 6.92 Å². The van der Waals surface area contributed by atoms with E-state index in [9.17, 15) is 5.26 Å². The topological polar surface area (TPSA) is 39.1 Å². The molecule has 1 N–H and O–H groups in total. The summed E-state index contributed by atoms with van der Waals surface area (Å²) in [5, 5.41) is 12.7. The molecule has 1 fully saturated rings. The minimum absolute atomic E-state index is 0.302. The SMILES string of the molecule is CCCCN(C)CCCCC(C)(C#N)NC1CC1. The Labute approximate surface area is 113 Å². The summed E-state index contributed by atoms with van der Waals surface area (Å²) in [6, 6.07) is 3.06. The predicted octanol–water partition coefficient (Wildman–Crippen LogP) is 2.92. The molecule has 0 spiro atoms. The molecule has 1 saturated carbocycles. The van der Waals surface area contributed by atoms with Crippen molar-refractivity contribution in [3.8, 4) is 6.07 Å². The summed E-state index contributed by atoms with van der Waals surface area (Å²) in [6.07, 6.45) is 8.36. The van der Waals surface area contributed by atoms with Crippen molar-refractivity contribution in [1.29, 1.82) is 5.26 Å². The van der Waals surface area contributed by atoms with Crippen molar-refractivity contribution >= 4 is 0 Å². The highest BCUT2D eigenvalue weighted by atomic mass is 15.1. The molecule has 0 heterocycles. The summed E-state index contributed by atoms with van der Waals surface area (Å²) >= 11 is 0. The van der Waals surface area contributed by atoms with Crippen LogP contribution in [0.25, 0.3) is 0 Å². The molecule has 0 saturated heterocycles. The normalized spacial score (nSPS) is 18.6. The predicted molar refractivity (Wildman–Crippen MR) is 76.4 cm³/mol. The second-order valence-electron chi connectivity index (χ2n) is 5.98. The smallest absolute Gasteiger partial charge is 0.104 e. The van der Waals surface area contributed by atoms with Gasteiger partial charge in [-0.3, -0.25) is 5.32 Å². The maximum absolute atomic E-state index is 9.26. The Kier molecular flexibility index (Phi) is 6.67. The van der Waals surface area contributed by atoms with Crippen LogP contribution in [0.3, 0.4) is 0 Å². The molecule has 0 amide bonds. The molecule has 1 atom stereocenters. The van der Waals surface area contributed by atoms with E-state index in [0.29, 0.717) is 6.04 Å². The van der Waals surface area contributed by atoms with Gasteiger partial charge in [-0.1, -0.05) is 13.3 Å². The number of rotatable bonds is 10. The van der Waals surface area contributed by atoms with E-state index in [1.54, 1.807) is 0 Å². The number of nitrogens with one attached hydrogen (secondary N) is 1. The maximum atomic E-state index is 9.26. The van der Waals surface area contributed by atoms with Crippen LogP contribution in [0.2, 0.25) is 0 Å². The minimum Gasteiger partial charge on any atom is -0.306 e. The molecule has 0 aromatic heterocycles. The van der Waals surface area contributed by atoms with Crippen LogP contribution in [-0.4, -0.2) is 36.6 Å². The van der Waals surface area contributed by atoms with E-state index in [-0.39, 0.29) is 5.54 Å². The van der Waals surface area contributed by atoms with Crippen molar-refractivity contribution in [2.45, 2.75) is 70.4 Å². The average molecular weight is 251 g/mol. The second-order valence-corrected chi connectivity index (χ2v) is 5.98. The Morgan fingerprint density at radius 3 is 2.50 bits per heavy atom. The number of hydrogen-bond acceptors (Lipinski definition) is 3. The van der Waals surface area contributed by atoms with Gasteiger partial charge in [0.15, 0.2) is 0 Å². The van der Waals surface area contributed by atoms with Crippen LogP contribution in [0.1, 0.15) is 58.8 Å². The Morgan fingerprint density at radius 1 is 1.28 bits per heavy atom. The highest BCUT2D eigenvalue weighted by Crippen LogP contribution is 2.24. The van der Waals surface area contributed by atoms with Gasteiger partial charge in [-0.2, -0.15) is 5.26 Å². The zero-order valence-corrected chi connectivity index (χ0v) is 12.3. The molecular formula is C15H29N3. The number of nitriles is 1. The summed E-state index contributed by atoms with van der Waals surface area (Å²) in [4.78, 5) is 2.40. The molecule has 0 aromatic carbocycles. The lowest BCUT2D eigenvalue weighted by Crippen LogP contribution is -2.42. The van der Waals surface area contributed by atoms with E-state index in [2.05, 4.69) is 30.3 Å². The molecule has 0 aliphatic heterocycles. The van der Waals surface area contributed by atoms with Crippen LogP contribution >= 0.6 is 0 Å². The van der Waals surface area contributed by atoms with Crippen LogP contribution in [-0.2, 0) is 0 Å². The van der Waals surface area contributed by atoms with Crippen molar-refractivity contribution in [1.82, 2.24) is 10.2 Å². The highest BCUT2D eigenvalue weighted by molar-refractivity contribution is 5.06. The standard InChI is InChI=1S/C15H29N3/c1-4-5-11-18(3)12-7-6-10-15(2,13-16)17-14-8-9-14/h14,17H,4-12H2,1-3H3. The molecule has 0 radical (unpaired) electrons. The van der Waals surface area contributed by atoms with Crippen molar-refractivity contribution in [2.24, 2.45) is 0 Å².